The highest BCUT2D eigenvalue weighted by Gasteiger charge is 2.27. The molecule has 2 rings (SSSR count). The summed E-state index contributed by atoms with van der Waals surface area (Å²) in [4.78, 5) is 2.98. The number of nitrogens with zero attached hydrogens (tertiary/aromatic N) is 2. The molecule has 5 nitrogen and oxygen atoms in total. The average molecular weight is 327 g/mol. The lowest BCUT2D eigenvalue weighted by molar-refractivity contribution is 0.196. The Morgan fingerprint density at radius 3 is 2.24 bits per heavy atom. The summed E-state index contributed by atoms with van der Waals surface area (Å²) in [6.45, 7) is 5.71. The largest absolute Gasteiger partial charge is 0.393 e. The molecule has 0 aromatic heterocycles. The molecular weight excluding hydrogens is 306 g/mol. The molecule has 2 N–H and O–H groups in total. The Morgan fingerprint density at radius 2 is 1.76 bits per heavy atom. The summed E-state index contributed by atoms with van der Waals surface area (Å²) in [5.41, 5.74) is 6.42. The maximum absolute atomic E-state index is 12.6. The molecule has 0 unspecified atom stereocenters. The van der Waals surface area contributed by atoms with Crippen molar-refractivity contribution < 1.29 is 8.42 Å². The summed E-state index contributed by atoms with van der Waals surface area (Å²) in [5, 5.41) is 0. The molecular formula is C14H21N3O2S2. The van der Waals surface area contributed by atoms with Gasteiger partial charge in [-0.1, -0.05) is 31.3 Å². The second-order valence-corrected chi connectivity index (χ2v) is 7.59. The molecule has 21 heavy (non-hydrogen) atoms. The number of nitrogens with two attached hydrogens (primary N) is 1. The van der Waals surface area contributed by atoms with Crippen LogP contribution in [0.2, 0.25) is 0 Å². The van der Waals surface area contributed by atoms with Crippen LogP contribution >= 0.6 is 12.2 Å². The van der Waals surface area contributed by atoms with Crippen LogP contribution in [0.5, 0.6) is 0 Å². The van der Waals surface area contributed by atoms with Crippen LogP contribution in [0.1, 0.15) is 12.5 Å². The molecule has 0 bridgehead atoms. The third kappa shape index (κ3) is 4.00. The van der Waals surface area contributed by atoms with Gasteiger partial charge < -0.3 is 10.6 Å². The highest BCUT2D eigenvalue weighted by atomic mass is 32.2. The van der Waals surface area contributed by atoms with E-state index in [9.17, 15) is 8.42 Å². The number of sulfonamides is 1. The van der Waals surface area contributed by atoms with E-state index < -0.39 is 10.0 Å². The first-order valence-electron chi connectivity index (χ1n) is 7.03. The van der Waals surface area contributed by atoms with Crippen LogP contribution < -0.4 is 5.73 Å². The summed E-state index contributed by atoms with van der Waals surface area (Å²) < 4.78 is 26.7. The van der Waals surface area contributed by atoms with E-state index in [-0.39, 0.29) is 0 Å². The van der Waals surface area contributed by atoms with Crippen molar-refractivity contribution in [2.24, 2.45) is 5.73 Å². The lowest BCUT2D eigenvalue weighted by Gasteiger charge is -2.33. The van der Waals surface area contributed by atoms with Crippen LogP contribution in [0.4, 0.5) is 0 Å². The first-order valence-corrected chi connectivity index (χ1v) is 8.88. The average Bonchev–Trinajstić information content (AvgIpc) is 2.47. The predicted octanol–water partition coefficient (Wildman–Crippen LogP) is 0.841. The van der Waals surface area contributed by atoms with Gasteiger partial charge in [0, 0.05) is 32.6 Å². The predicted molar refractivity (Wildman–Crippen MR) is 87.8 cm³/mol. The quantitative estimate of drug-likeness (QED) is 0.812. The molecule has 1 heterocycles. The minimum absolute atomic E-state index is 0.333. The minimum atomic E-state index is -3.40. The Hall–Kier alpha value is -1.02. The normalized spacial score (nSPS) is 17.8. The van der Waals surface area contributed by atoms with Crippen molar-refractivity contribution >= 4 is 27.2 Å². The monoisotopic (exact) mass is 327 g/mol. The highest BCUT2D eigenvalue weighted by molar-refractivity contribution is 7.89. The SMILES string of the molecule is CCN1CCN(S(=O)(=O)c2ccc(CC(N)=S)cc2)CC1. The highest BCUT2D eigenvalue weighted by Crippen LogP contribution is 2.18. The van der Waals surface area contributed by atoms with Crippen molar-refractivity contribution in [3.05, 3.63) is 29.8 Å². The molecule has 0 radical (unpaired) electrons. The summed E-state index contributed by atoms with van der Waals surface area (Å²) in [6, 6.07) is 6.81. The molecule has 1 aliphatic heterocycles. The van der Waals surface area contributed by atoms with E-state index in [4.69, 9.17) is 18.0 Å². The molecule has 1 aromatic rings. The molecule has 1 aliphatic rings. The van der Waals surface area contributed by atoms with Crippen LogP contribution in [-0.2, 0) is 16.4 Å². The molecule has 0 amide bonds. The first kappa shape index (κ1) is 16.4. The van der Waals surface area contributed by atoms with Gasteiger partial charge in [-0.15, -0.1) is 0 Å². The van der Waals surface area contributed by atoms with Gasteiger partial charge in [-0.2, -0.15) is 4.31 Å². The van der Waals surface area contributed by atoms with Gasteiger partial charge in [0.15, 0.2) is 0 Å². The lowest BCUT2D eigenvalue weighted by Crippen LogP contribution is -2.48. The fourth-order valence-electron chi connectivity index (χ4n) is 2.42. The number of likely N-dealkylation sites (N-methyl/N-ethyl adjacent to an activating group) is 1. The van der Waals surface area contributed by atoms with Gasteiger partial charge in [0.1, 0.15) is 0 Å². The molecule has 0 saturated carbocycles. The smallest absolute Gasteiger partial charge is 0.243 e. The summed E-state index contributed by atoms with van der Waals surface area (Å²) in [5.74, 6) is 0. The number of hydrogen-bond acceptors (Lipinski definition) is 4. The van der Waals surface area contributed by atoms with E-state index in [1.54, 1.807) is 28.6 Å². The van der Waals surface area contributed by atoms with Crippen LogP contribution in [0.3, 0.4) is 0 Å². The first-order chi connectivity index (χ1) is 9.93. The zero-order chi connectivity index (χ0) is 15.5. The summed E-state index contributed by atoms with van der Waals surface area (Å²) in [7, 11) is -3.40. The fraction of sp³-hybridized carbons (Fsp3) is 0.500. The van der Waals surface area contributed by atoms with Crippen LogP contribution in [-0.4, -0.2) is 55.3 Å². The molecule has 7 heteroatoms. The number of rotatable bonds is 5. The Balaban J connectivity index is 2.11. The Labute approximate surface area is 131 Å². The van der Waals surface area contributed by atoms with E-state index in [2.05, 4.69) is 11.8 Å². The third-order valence-corrected chi connectivity index (χ3v) is 5.78. The van der Waals surface area contributed by atoms with Crippen molar-refractivity contribution in [2.45, 2.75) is 18.2 Å². The molecule has 1 fully saturated rings. The van der Waals surface area contributed by atoms with Gasteiger partial charge >= 0.3 is 0 Å². The Bertz CT molecular complexity index is 591. The number of piperazine rings is 1. The van der Waals surface area contributed by atoms with Gasteiger partial charge in [-0.3, -0.25) is 0 Å². The topological polar surface area (TPSA) is 66.6 Å². The summed E-state index contributed by atoms with van der Waals surface area (Å²) in [6.07, 6.45) is 0.491. The number of hydrogen-bond donors (Lipinski definition) is 1. The van der Waals surface area contributed by atoms with Crippen LogP contribution in [0, 0.1) is 0 Å². The molecule has 116 valence electrons. The van der Waals surface area contributed by atoms with Crippen molar-refractivity contribution in [1.29, 1.82) is 0 Å². The number of thiocarbonyl (C=S) groups is 1. The van der Waals surface area contributed by atoms with E-state index in [1.165, 1.54) is 0 Å². The molecule has 0 atom stereocenters. The van der Waals surface area contributed by atoms with E-state index >= 15 is 0 Å². The van der Waals surface area contributed by atoms with Gasteiger partial charge in [0.2, 0.25) is 10.0 Å². The van der Waals surface area contributed by atoms with E-state index in [0.29, 0.717) is 29.4 Å². The van der Waals surface area contributed by atoms with Gasteiger partial charge in [0.05, 0.1) is 9.88 Å². The molecule has 1 saturated heterocycles. The standard InChI is InChI=1S/C14H21N3O2S2/c1-2-16-7-9-17(10-8-16)21(18,19)13-5-3-12(4-6-13)11-14(15)20/h3-6H,2,7-11H2,1H3,(H2,15,20). The Morgan fingerprint density at radius 1 is 1.19 bits per heavy atom. The van der Waals surface area contributed by atoms with Crippen molar-refractivity contribution in [3.63, 3.8) is 0 Å². The maximum atomic E-state index is 12.6. The van der Waals surface area contributed by atoms with Crippen molar-refractivity contribution in [1.82, 2.24) is 9.21 Å². The minimum Gasteiger partial charge on any atom is -0.393 e. The lowest BCUT2D eigenvalue weighted by atomic mass is 10.1. The maximum Gasteiger partial charge on any atom is 0.243 e. The zero-order valence-corrected chi connectivity index (χ0v) is 13.8. The van der Waals surface area contributed by atoms with E-state index in [0.717, 1.165) is 25.2 Å². The van der Waals surface area contributed by atoms with Gasteiger partial charge in [0.25, 0.3) is 0 Å². The Kier molecular flexibility index (Phi) is 5.32. The van der Waals surface area contributed by atoms with Gasteiger partial charge in [-0.05, 0) is 24.2 Å². The molecule has 0 aliphatic carbocycles. The second-order valence-electron chi connectivity index (χ2n) is 5.13. The molecule has 0 spiro atoms. The summed E-state index contributed by atoms with van der Waals surface area (Å²) >= 11 is 4.86. The van der Waals surface area contributed by atoms with E-state index in [1.807, 2.05) is 0 Å². The fourth-order valence-corrected chi connectivity index (χ4v) is 4.00. The number of benzene rings is 1. The van der Waals surface area contributed by atoms with Crippen LogP contribution in [0.25, 0.3) is 0 Å². The second kappa shape index (κ2) is 6.83. The van der Waals surface area contributed by atoms with Gasteiger partial charge in [-0.25, -0.2) is 8.42 Å². The zero-order valence-electron chi connectivity index (χ0n) is 12.2. The third-order valence-electron chi connectivity index (χ3n) is 3.72. The van der Waals surface area contributed by atoms with Crippen molar-refractivity contribution in [2.75, 3.05) is 32.7 Å². The van der Waals surface area contributed by atoms with Crippen molar-refractivity contribution in [3.8, 4) is 0 Å². The van der Waals surface area contributed by atoms with Crippen LogP contribution in [0.15, 0.2) is 29.2 Å². The molecule has 1 aromatic carbocycles.